The van der Waals surface area contributed by atoms with Crippen molar-refractivity contribution in [2.75, 3.05) is 38.0 Å². The minimum atomic E-state index is -0.118. The van der Waals surface area contributed by atoms with Crippen LogP contribution < -0.4 is 5.32 Å². The Balaban J connectivity index is 1.99. The lowest BCUT2D eigenvalue weighted by Crippen LogP contribution is -2.34. The average Bonchev–Trinajstić information content (AvgIpc) is 2.91. The molecule has 5 heteroatoms. The second kappa shape index (κ2) is 10.6. The quantitative estimate of drug-likeness (QED) is 0.728. The Kier molecular flexibility index (Phi) is 8.09. The molecule has 1 fully saturated rings. The first-order valence-corrected chi connectivity index (χ1v) is 9.27. The Bertz CT molecular complexity index is 624. The fourth-order valence-corrected chi connectivity index (χ4v) is 3.16. The van der Waals surface area contributed by atoms with E-state index in [1.165, 1.54) is 12.8 Å². The topological polar surface area (TPSA) is 52.7 Å². The third-order valence-electron chi connectivity index (χ3n) is 4.43. The Morgan fingerprint density at radius 1 is 1.08 bits per heavy atom. The molecular formula is C21H29N3O2. The number of carbonyl (C=O) groups is 2. The summed E-state index contributed by atoms with van der Waals surface area (Å²) in [5, 5.41) is 2.88. The van der Waals surface area contributed by atoms with Gasteiger partial charge >= 0.3 is 0 Å². The van der Waals surface area contributed by atoms with E-state index in [1.54, 1.807) is 18.2 Å². The van der Waals surface area contributed by atoms with Gasteiger partial charge in [-0.25, -0.2) is 0 Å². The maximum absolute atomic E-state index is 12.7. The fraction of sp³-hybridized carbons (Fsp3) is 0.429. The van der Waals surface area contributed by atoms with Gasteiger partial charge in [-0.2, -0.15) is 0 Å². The summed E-state index contributed by atoms with van der Waals surface area (Å²) in [4.78, 5) is 28.9. The van der Waals surface area contributed by atoms with Gasteiger partial charge in [0.2, 0.25) is 5.91 Å². The summed E-state index contributed by atoms with van der Waals surface area (Å²) in [6.07, 6.45) is 8.02. The number of rotatable bonds is 8. The van der Waals surface area contributed by atoms with E-state index in [2.05, 4.69) is 18.5 Å². The molecule has 2 amide bonds. The van der Waals surface area contributed by atoms with Gasteiger partial charge in [-0.05, 0) is 31.0 Å². The highest BCUT2D eigenvalue weighted by Gasteiger charge is 2.18. The molecule has 1 saturated heterocycles. The summed E-state index contributed by atoms with van der Waals surface area (Å²) in [5.74, 6) is -0.0731. The number of hydrogen-bond donors (Lipinski definition) is 1. The summed E-state index contributed by atoms with van der Waals surface area (Å²) in [6, 6.07) is 7.19. The van der Waals surface area contributed by atoms with Gasteiger partial charge in [0.15, 0.2) is 0 Å². The lowest BCUT2D eigenvalue weighted by Gasteiger charge is -2.21. The van der Waals surface area contributed by atoms with E-state index >= 15 is 0 Å². The molecule has 0 aliphatic carbocycles. The molecule has 5 nitrogen and oxygen atoms in total. The number of carbonyl (C=O) groups excluding carboxylic acids is 2. The van der Waals surface area contributed by atoms with E-state index in [0.29, 0.717) is 24.3 Å². The maximum atomic E-state index is 12.7. The molecule has 1 aromatic rings. The van der Waals surface area contributed by atoms with Crippen molar-refractivity contribution >= 4 is 17.5 Å². The monoisotopic (exact) mass is 355 g/mol. The normalized spacial score (nSPS) is 14.6. The van der Waals surface area contributed by atoms with E-state index < -0.39 is 0 Å². The van der Waals surface area contributed by atoms with Crippen LogP contribution in [0, 0.1) is 0 Å². The van der Waals surface area contributed by atoms with Gasteiger partial charge in [0.1, 0.15) is 0 Å². The highest BCUT2D eigenvalue weighted by Crippen LogP contribution is 2.16. The van der Waals surface area contributed by atoms with Crippen molar-refractivity contribution < 1.29 is 9.59 Å². The van der Waals surface area contributed by atoms with Gasteiger partial charge in [0, 0.05) is 37.4 Å². The Labute approximate surface area is 156 Å². The van der Waals surface area contributed by atoms with Gasteiger partial charge in [-0.15, -0.1) is 13.2 Å². The zero-order chi connectivity index (χ0) is 18.8. The summed E-state index contributed by atoms with van der Waals surface area (Å²) in [7, 11) is 0. The standard InChI is InChI=1S/C21H29N3O2/c1-3-12-23(13-4-2)17-20(25)22-19-11-9-10-18(16-19)21(26)24-14-7-5-6-8-15-24/h3-4,9-11,16H,1-2,5-8,12-15,17H2,(H,22,25). The van der Waals surface area contributed by atoms with Crippen LogP contribution >= 0.6 is 0 Å². The second-order valence-electron chi connectivity index (χ2n) is 6.61. The molecule has 26 heavy (non-hydrogen) atoms. The SMILES string of the molecule is C=CCN(CC=C)CC(=O)Nc1cccc(C(=O)N2CCCCCC2)c1. The predicted octanol–water partition coefficient (Wildman–Crippen LogP) is 3.32. The third kappa shape index (κ3) is 6.15. The lowest BCUT2D eigenvalue weighted by molar-refractivity contribution is -0.117. The van der Waals surface area contributed by atoms with Crippen molar-refractivity contribution in [2.24, 2.45) is 0 Å². The fourth-order valence-electron chi connectivity index (χ4n) is 3.16. The van der Waals surface area contributed by atoms with Crippen molar-refractivity contribution in [3.8, 4) is 0 Å². The van der Waals surface area contributed by atoms with Crippen LogP contribution in [0.25, 0.3) is 0 Å². The molecular weight excluding hydrogens is 326 g/mol. The molecule has 0 saturated carbocycles. The number of nitrogens with zero attached hydrogens (tertiary/aromatic N) is 2. The van der Waals surface area contributed by atoms with Gasteiger partial charge in [0.05, 0.1) is 6.54 Å². The van der Waals surface area contributed by atoms with Crippen molar-refractivity contribution in [3.63, 3.8) is 0 Å². The zero-order valence-corrected chi connectivity index (χ0v) is 15.5. The maximum Gasteiger partial charge on any atom is 0.253 e. The second-order valence-corrected chi connectivity index (χ2v) is 6.61. The van der Waals surface area contributed by atoms with Crippen LogP contribution in [-0.2, 0) is 4.79 Å². The van der Waals surface area contributed by atoms with E-state index in [1.807, 2.05) is 28.0 Å². The number of likely N-dealkylation sites (tertiary alicyclic amines) is 1. The third-order valence-corrected chi connectivity index (χ3v) is 4.43. The smallest absolute Gasteiger partial charge is 0.253 e. The summed E-state index contributed by atoms with van der Waals surface area (Å²) >= 11 is 0. The molecule has 0 bridgehead atoms. The first-order valence-electron chi connectivity index (χ1n) is 9.27. The van der Waals surface area contributed by atoms with E-state index in [4.69, 9.17) is 0 Å². The molecule has 0 aromatic heterocycles. The molecule has 1 heterocycles. The minimum Gasteiger partial charge on any atom is -0.339 e. The lowest BCUT2D eigenvalue weighted by atomic mass is 10.1. The highest BCUT2D eigenvalue weighted by molar-refractivity contribution is 5.97. The van der Waals surface area contributed by atoms with Gasteiger partial charge in [-0.1, -0.05) is 31.1 Å². The van der Waals surface area contributed by atoms with Crippen LogP contribution in [0.4, 0.5) is 5.69 Å². The van der Waals surface area contributed by atoms with Gasteiger partial charge < -0.3 is 10.2 Å². The Morgan fingerprint density at radius 2 is 1.73 bits per heavy atom. The average molecular weight is 355 g/mol. The minimum absolute atomic E-state index is 0.0444. The molecule has 1 aromatic carbocycles. The molecule has 140 valence electrons. The molecule has 0 atom stereocenters. The van der Waals surface area contributed by atoms with Crippen LogP contribution in [-0.4, -0.2) is 54.3 Å². The number of nitrogens with one attached hydrogen (secondary N) is 1. The summed E-state index contributed by atoms with van der Waals surface area (Å²) in [5.41, 5.74) is 1.27. The molecule has 2 rings (SSSR count). The Hall–Kier alpha value is -2.40. The van der Waals surface area contributed by atoms with Crippen molar-refractivity contribution in [1.82, 2.24) is 9.80 Å². The highest BCUT2D eigenvalue weighted by atomic mass is 16.2. The molecule has 1 aliphatic rings. The molecule has 0 unspecified atom stereocenters. The van der Waals surface area contributed by atoms with E-state index in [9.17, 15) is 9.59 Å². The zero-order valence-electron chi connectivity index (χ0n) is 15.5. The van der Waals surface area contributed by atoms with Gasteiger partial charge in [0.25, 0.3) is 5.91 Å². The Morgan fingerprint density at radius 3 is 2.35 bits per heavy atom. The van der Waals surface area contributed by atoms with Crippen LogP contribution in [0.2, 0.25) is 0 Å². The molecule has 1 N–H and O–H groups in total. The largest absolute Gasteiger partial charge is 0.339 e. The van der Waals surface area contributed by atoms with Crippen LogP contribution in [0.3, 0.4) is 0 Å². The van der Waals surface area contributed by atoms with Gasteiger partial charge in [-0.3, -0.25) is 14.5 Å². The molecule has 0 spiro atoms. The number of amides is 2. The van der Waals surface area contributed by atoms with Crippen molar-refractivity contribution in [3.05, 3.63) is 55.1 Å². The number of hydrogen-bond acceptors (Lipinski definition) is 3. The first kappa shape index (κ1) is 19.9. The number of benzene rings is 1. The predicted molar refractivity (Wildman–Crippen MR) is 106 cm³/mol. The van der Waals surface area contributed by atoms with Crippen LogP contribution in [0.1, 0.15) is 36.0 Å². The van der Waals surface area contributed by atoms with E-state index in [0.717, 1.165) is 25.9 Å². The number of anilines is 1. The van der Waals surface area contributed by atoms with Crippen LogP contribution in [0.15, 0.2) is 49.6 Å². The molecule has 0 radical (unpaired) electrons. The summed E-state index contributed by atoms with van der Waals surface area (Å²) < 4.78 is 0. The summed E-state index contributed by atoms with van der Waals surface area (Å²) in [6.45, 7) is 10.5. The molecule has 1 aliphatic heterocycles. The van der Waals surface area contributed by atoms with Crippen molar-refractivity contribution in [2.45, 2.75) is 25.7 Å². The van der Waals surface area contributed by atoms with Crippen molar-refractivity contribution in [1.29, 1.82) is 0 Å². The van der Waals surface area contributed by atoms with E-state index in [-0.39, 0.29) is 18.4 Å². The first-order chi connectivity index (χ1) is 12.6. The van der Waals surface area contributed by atoms with Crippen LogP contribution in [0.5, 0.6) is 0 Å².